The SMILES string of the molecule is Cc1ccc(N(C)C(=O)c2cn3c(-c4ccc(OCCN)cc4)cnc3cn2)nc1. The van der Waals surface area contributed by atoms with Crippen LogP contribution in [0.3, 0.4) is 0 Å². The summed E-state index contributed by atoms with van der Waals surface area (Å²) in [7, 11) is 1.68. The van der Waals surface area contributed by atoms with Crippen LogP contribution in [0.5, 0.6) is 5.75 Å². The molecule has 0 radical (unpaired) electrons. The lowest BCUT2D eigenvalue weighted by Gasteiger charge is -2.16. The third kappa shape index (κ3) is 3.85. The van der Waals surface area contributed by atoms with E-state index in [9.17, 15) is 4.79 Å². The molecule has 0 atom stereocenters. The standard InChI is InChI=1S/C22H22N6O2/c1-15-3-8-20(25-11-15)27(2)22(29)18-14-28-19(12-26-21(28)13-24-18)16-4-6-17(7-5-16)30-10-9-23/h3-8,11-14H,9-10,23H2,1-2H3. The van der Waals surface area contributed by atoms with Gasteiger partial charge in [0.1, 0.15) is 23.9 Å². The predicted octanol–water partition coefficient (Wildman–Crippen LogP) is 2.71. The highest BCUT2D eigenvalue weighted by Crippen LogP contribution is 2.24. The fourth-order valence-corrected chi connectivity index (χ4v) is 3.05. The van der Waals surface area contributed by atoms with E-state index >= 15 is 0 Å². The Morgan fingerprint density at radius 2 is 1.87 bits per heavy atom. The van der Waals surface area contributed by atoms with Gasteiger partial charge in [0.25, 0.3) is 5.91 Å². The Morgan fingerprint density at radius 1 is 1.07 bits per heavy atom. The van der Waals surface area contributed by atoms with E-state index in [0.717, 1.165) is 22.6 Å². The van der Waals surface area contributed by atoms with Gasteiger partial charge < -0.3 is 10.5 Å². The van der Waals surface area contributed by atoms with Gasteiger partial charge in [0, 0.05) is 31.5 Å². The molecule has 3 heterocycles. The minimum absolute atomic E-state index is 0.251. The third-order valence-corrected chi connectivity index (χ3v) is 4.70. The van der Waals surface area contributed by atoms with Crippen molar-refractivity contribution in [2.75, 3.05) is 25.1 Å². The Kier molecular flexibility index (Phi) is 5.40. The van der Waals surface area contributed by atoms with Gasteiger partial charge in [0.2, 0.25) is 0 Å². The van der Waals surface area contributed by atoms with E-state index in [0.29, 0.717) is 30.3 Å². The number of rotatable bonds is 6. The van der Waals surface area contributed by atoms with Crippen molar-refractivity contribution in [1.82, 2.24) is 19.4 Å². The molecule has 4 aromatic rings. The molecule has 1 amide bonds. The van der Waals surface area contributed by atoms with Gasteiger partial charge >= 0.3 is 0 Å². The zero-order valence-corrected chi connectivity index (χ0v) is 16.8. The molecule has 8 heteroatoms. The van der Waals surface area contributed by atoms with Crippen LogP contribution in [0.1, 0.15) is 16.1 Å². The van der Waals surface area contributed by atoms with Crippen molar-refractivity contribution in [3.8, 4) is 17.0 Å². The number of hydrogen-bond acceptors (Lipinski definition) is 6. The largest absolute Gasteiger partial charge is 0.492 e. The molecule has 0 aliphatic carbocycles. The number of pyridine rings is 1. The van der Waals surface area contributed by atoms with Crippen molar-refractivity contribution >= 4 is 17.4 Å². The summed E-state index contributed by atoms with van der Waals surface area (Å²) in [6.07, 6.45) is 6.77. The summed E-state index contributed by atoms with van der Waals surface area (Å²) in [5.41, 5.74) is 9.25. The lowest BCUT2D eigenvalue weighted by atomic mass is 10.1. The molecule has 0 fully saturated rings. The molecule has 0 saturated heterocycles. The van der Waals surface area contributed by atoms with E-state index in [2.05, 4.69) is 15.0 Å². The van der Waals surface area contributed by atoms with E-state index in [1.807, 2.05) is 47.7 Å². The lowest BCUT2D eigenvalue weighted by Crippen LogP contribution is -2.28. The predicted molar refractivity (Wildman–Crippen MR) is 115 cm³/mol. The van der Waals surface area contributed by atoms with Gasteiger partial charge in [-0.05, 0) is 42.8 Å². The minimum Gasteiger partial charge on any atom is -0.492 e. The Balaban J connectivity index is 1.64. The molecule has 8 nitrogen and oxygen atoms in total. The first-order valence-electron chi connectivity index (χ1n) is 9.54. The molecule has 0 bridgehead atoms. The van der Waals surface area contributed by atoms with Gasteiger partial charge in [0.05, 0.1) is 18.1 Å². The van der Waals surface area contributed by atoms with Crippen LogP contribution in [0.25, 0.3) is 16.9 Å². The van der Waals surface area contributed by atoms with Crippen LogP contribution in [0.15, 0.2) is 61.2 Å². The van der Waals surface area contributed by atoms with Gasteiger partial charge in [-0.1, -0.05) is 6.07 Å². The van der Waals surface area contributed by atoms with Gasteiger partial charge in [-0.2, -0.15) is 0 Å². The molecule has 4 rings (SSSR count). The van der Waals surface area contributed by atoms with E-state index < -0.39 is 0 Å². The molecule has 0 saturated carbocycles. The number of carbonyl (C=O) groups excluding carboxylic acids is 1. The van der Waals surface area contributed by atoms with Crippen LogP contribution >= 0.6 is 0 Å². The van der Waals surface area contributed by atoms with Crippen LogP contribution < -0.4 is 15.4 Å². The van der Waals surface area contributed by atoms with Crippen molar-refractivity contribution in [2.45, 2.75) is 6.92 Å². The zero-order valence-electron chi connectivity index (χ0n) is 16.8. The van der Waals surface area contributed by atoms with E-state index in [-0.39, 0.29) is 5.91 Å². The second kappa shape index (κ2) is 8.30. The average molecular weight is 402 g/mol. The summed E-state index contributed by atoms with van der Waals surface area (Å²) < 4.78 is 7.38. The van der Waals surface area contributed by atoms with Crippen LogP contribution in [-0.2, 0) is 0 Å². The molecule has 1 aromatic carbocycles. The van der Waals surface area contributed by atoms with Crippen LogP contribution in [0, 0.1) is 6.92 Å². The minimum atomic E-state index is -0.251. The molecular formula is C22H22N6O2. The fourth-order valence-electron chi connectivity index (χ4n) is 3.05. The second-order valence-corrected chi connectivity index (χ2v) is 6.86. The molecule has 2 N–H and O–H groups in total. The van der Waals surface area contributed by atoms with Crippen molar-refractivity contribution < 1.29 is 9.53 Å². The first-order chi connectivity index (χ1) is 14.6. The summed E-state index contributed by atoms with van der Waals surface area (Å²) in [4.78, 5) is 27.4. The summed E-state index contributed by atoms with van der Waals surface area (Å²) >= 11 is 0. The van der Waals surface area contributed by atoms with E-state index in [1.54, 1.807) is 31.8 Å². The first kappa shape index (κ1) is 19.5. The quantitative estimate of drug-likeness (QED) is 0.532. The first-order valence-corrected chi connectivity index (χ1v) is 9.54. The molecule has 0 unspecified atom stereocenters. The van der Waals surface area contributed by atoms with Gasteiger partial charge in [0.15, 0.2) is 5.65 Å². The van der Waals surface area contributed by atoms with Crippen LogP contribution in [0.2, 0.25) is 0 Å². The normalized spacial score (nSPS) is 10.9. The summed E-state index contributed by atoms with van der Waals surface area (Å²) in [5.74, 6) is 1.06. The van der Waals surface area contributed by atoms with Crippen molar-refractivity contribution in [2.24, 2.45) is 5.73 Å². The fraction of sp³-hybridized carbons (Fsp3) is 0.182. The average Bonchev–Trinajstić information content (AvgIpc) is 3.21. The van der Waals surface area contributed by atoms with Crippen molar-refractivity contribution in [3.63, 3.8) is 0 Å². The molecule has 0 aliphatic heterocycles. The maximum Gasteiger partial charge on any atom is 0.279 e. The van der Waals surface area contributed by atoms with Crippen molar-refractivity contribution in [3.05, 3.63) is 72.4 Å². The Labute approximate surface area is 174 Å². The number of aromatic nitrogens is 4. The third-order valence-electron chi connectivity index (χ3n) is 4.70. The molecule has 30 heavy (non-hydrogen) atoms. The van der Waals surface area contributed by atoms with Gasteiger partial charge in [-0.25, -0.2) is 15.0 Å². The number of nitrogens with zero attached hydrogens (tertiary/aromatic N) is 5. The highest BCUT2D eigenvalue weighted by molar-refractivity contribution is 6.03. The van der Waals surface area contributed by atoms with Crippen LogP contribution in [0.4, 0.5) is 5.82 Å². The highest BCUT2D eigenvalue weighted by Gasteiger charge is 2.18. The smallest absolute Gasteiger partial charge is 0.279 e. The zero-order chi connectivity index (χ0) is 21.1. The second-order valence-electron chi connectivity index (χ2n) is 6.86. The molecule has 152 valence electrons. The van der Waals surface area contributed by atoms with Gasteiger partial charge in [-0.3, -0.25) is 14.1 Å². The number of imidazole rings is 1. The molecule has 3 aromatic heterocycles. The summed E-state index contributed by atoms with van der Waals surface area (Å²) in [5, 5.41) is 0. The number of amides is 1. The number of aryl methyl sites for hydroxylation is 1. The maximum absolute atomic E-state index is 13.0. The molecule has 0 spiro atoms. The maximum atomic E-state index is 13.0. The number of nitrogens with two attached hydrogens (primary N) is 1. The summed E-state index contributed by atoms with van der Waals surface area (Å²) in [6.45, 7) is 2.88. The number of hydrogen-bond donors (Lipinski definition) is 1. The number of fused-ring (bicyclic) bond motifs is 1. The lowest BCUT2D eigenvalue weighted by molar-refractivity contribution is 0.0987. The highest BCUT2D eigenvalue weighted by atomic mass is 16.5. The van der Waals surface area contributed by atoms with E-state index in [4.69, 9.17) is 10.5 Å². The monoisotopic (exact) mass is 402 g/mol. The van der Waals surface area contributed by atoms with Crippen LogP contribution in [-0.4, -0.2) is 45.5 Å². The van der Waals surface area contributed by atoms with Gasteiger partial charge in [-0.15, -0.1) is 0 Å². The van der Waals surface area contributed by atoms with Crippen molar-refractivity contribution in [1.29, 1.82) is 0 Å². The number of ether oxygens (including phenoxy) is 1. The Bertz CT molecular complexity index is 1170. The summed E-state index contributed by atoms with van der Waals surface area (Å²) in [6, 6.07) is 11.4. The number of benzene rings is 1. The molecular weight excluding hydrogens is 380 g/mol. The Hall–Kier alpha value is -3.78. The number of anilines is 1. The topological polar surface area (TPSA) is 98.6 Å². The van der Waals surface area contributed by atoms with E-state index in [1.165, 1.54) is 4.90 Å². The Morgan fingerprint density at radius 3 is 2.57 bits per heavy atom. The number of carbonyl (C=O) groups is 1. The molecule has 0 aliphatic rings.